The Hall–Kier alpha value is -1.90. The molecule has 0 bridgehead atoms. The van der Waals surface area contributed by atoms with Crippen molar-refractivity contribution in [1.29, 1.82) is 0 Å². The molecule has 0 aliphatic heterocycles. The third kappa shape index (κ3) is 3.78. The first-order valence-corrected chi connectivity index (χ1v) is 6.30. The molecule has 2 rings (SSSR count). The highest BCUT2D eigenvalue weighted by molar-refractivity contribution is 5.49. The second kappa shape index (κ2) is 6.88. The molecule has 0 heterocycles. The van der Waals surface area contributed by atoms with Crippen LogP contribution in [-0.4, -0.2) is 18.3 Å². The summed E-state index contributed by atoms with van der Waals surface area (Å²) < 4.78 is 5.39. The second-order valence-electron chi connectivity index (χ2n) is 4.33. The molecule has 0 aliphatic carbocycles. The van der Waals surface area contributed by atoms with Gasteiger partial charge in [0.15, 0.2) is 0 Å². The SMILES string of the molecule is CO[C@H](c1ccccc1)[C@@H](O)/C=C/c1ccccc1. The van der Waals surface area contributed by atoms with Crippen molar-refractivity contribution < 1.29 is 9.84 Å². The van der Waals surface area contributed by atoms with Gasteiger partial charge in [0.05, 0.1) is 0 Å². The molecule has 2 aromatic rings. The summed E-state index contributed by atoms with van der Waals surface area (Å²) in [6.45, 7) is 0. The van der Waals surface area contributed by atoms with E-state index in [-0.39, 0.29) is 6.10 Å². The highest BCUT2D eigenvalue weighted by Gasteiger charge is 2.17. The zero-order chi connectivity index (χ0) is 13.5. The summed E-state index contributed by atoms with van der Waals surface area (Å²) in [7, 11) is 1.61. The number of benzene rings is 2. The normalized spacial score (nSPS) is 14.4. The Morgan fingerprint density at radius 1 is 0.947 bits per heavy atom. The van der Waals surface area contributed by atoms with Crippen LogP contribution in [0, 0.1) is 0 Å². The standard InChI is InChI=1S/C17H18O2/c1-19-17(15-10-6-3-7-11-15)16(18)13-12-14-8-4-2-5-9-14/h2-13,16-18H,1H3/b13-12+/t16-,17+/m0/s1. The van der Waals surface area contributed by atoms with E-state index in [1.165, 1.54) is 0 Å². The van der Waals surface area contributed by atoms with Crippen LogP contribution in [-0.2, 0) is 4.74 Å². The quantitative estimate of drug-likeness (QED) is 0.885. The molecule has 0 saturated heterocycles. The first-order chi connectivity index (χ1) is 9.31. The monoisotopic (exact) mass is 254 g/mol. The molecular weight excluding hydrogens is 236 g/mol. The van der Waals surface area contributed by atoms with Crippen molar-refractivity contribution in [3.8, 4) is 0 Å². The molecule has 0 unspecified atom stereocenters. The van der Waals surface area contributed by atoms with Crippen molar-refractivity contribution in [2.24, 2.45) is 0 Å². The highest BCUT2D eigenvalue weighted by Crippen LogP contribution is 2.21. The van der Waals surface area contributed by atoms with Crippen LogP contribution in [0.5, 0.6) is 0 Å². The third-order valence-corrected chi connectivity index (χ3v) is 2.98. The summed E-state index contributed by atoms with van der Waals surface area (Å²) in [4.78, 5) is 0. The van der Waals surface area contributed by atoms with E-state index in [9.17, 15) is 5.11 Å². The van der Waals surface area contributed by atoms with Crippen molar-refractivity contribution >= 4 is 6.08 Å². The van der Waals surface area contributed by atoms with E-state index < -0.39 is 6.10 Å². The van der Waals surface area contributed by atoms with E-state index >= 15 is 0 Å². The molecule has 2 aromatic carbocycles. The molecule has 0 fully saturated rings. The number of hydrogen-bond donors (Lipinski definition) is 1. The van der Waals surface area contributed by atoms with E-state index in [2.05, 4.69) is 0 Å². The Morgan fingerprint density at radius 3 is 2.11 bits per heavy atom. The maximum Gasteiger partial charge on any atom is 0.112 e. The summed E-state index contributed by atoms with van der Waals surface area (Å²) in [6, 6.07) is 19.6. The molecule has 1 N–H and O–H groups in total. The van der Waals surface area contributed by atoms with Crippen LogP contribution < -0.4 is 0 Å². The van der Waals surface area contributed by atoms with Crippen molar-refractivity contribution in [2.75, 3.05) is 7.11 Å². The highest BCUT2D eigenvalue weighted by atomic mass is 16.5. The molecule has 19 heavy (non-hydrogen) atoms. The topological polar surface area (TPSA) is 29.5 Å². The largest absolute Gasteiger partial charge is 0.386 e. The van der Waals surface area contributed by atoms with Gasteiger partial charge in [0.1, 0.15) is 12.2 Å². The van der Waals surface area contributed by atoms with E-state index in [0.717, 1.165) is 11.1 Å². The number of aliphatic hydroxyl groups is 1. The van der Waals surface area contributed by atoms with Crippen LogP contribution >= 0.6 is 0 Å². The molecule has 0 aromatic heterocycles. The summed E-state index contributed by atoms with van der Waals surface area (Å²) >= 11 is 0. The number of ether oxygens (including phenoxy) is 1. The van der Waals surface area contributed by atoms with Crippen molar-refractivity contribution in [1.82, 2.24) is 0 Å². The number of rotatable bonds is 5. The van der Waals surface area contributed by atoms with Crippen molar-refractivity contribution in [3.63, 3.8) is 0 Å². The molecule has 2 heteroatoms. The van der Waals surface area contributed by atoms with Gasteiger partial charge in [-0.1, -0.05) is 72.8 Å². The first kappa shape index (κ1) is 13.5. The van der Waals surface area contributed by atoms with Gasteiger partial charge in [-0.2, -0.15) is 0 Å². The molecule has 0 radical (unpaired) electrons. The maximum absolute atomic E-state index is 10.2. The average Bonchev–Trinajstić information content (AvgIpc) is 2.48. The fourth-order valence-corrected chi connectivity index (χ4v) is 1.99. The van der Waals surface area contributed by atoms with Gasteiger partial charge in [0, 0.05) is 7.11 Å². The number of aliphatic hydroxyl groups excluding tert-OH is 1. The lowest BCUT2D eigenvalue weighted by Gasteiger charge is -2.19. The lowest BCUT2D eigenvalue weighted by Crippen LogP contribution is -2.17. The summed E-state index contributed by atoms with van der Waals surface area (Å²) in [5.74, 6) is 0. The molecule has 0 amide bonds. The summed E-state index contributed by atoms with van der Waals surface area (Å²) in [6.07, 6.45) is 2.64. The summed E-state index contributed by atoms with van der Waals surface area (Å²) in [5, 5.41) is 10.2. The minimum atomic E-state index is -0.674. The Morgan fingerprint density at radius 2 is 1.53 bits per heavy atom. The van der Waals surface area contributed by atoms with Gasteiger partial charge in [-0.3, -0.25) is 0 Å². The Bertz CT molecular complexity index is 505. The molecule has 0 saturated carbocycles. The van der Waals surface area contributed by atoms with Crippen LogP contribution in [0.4, 0.5) is 0 Å². The van der Waals surface area contributed by atoms with Gasteiger partial charge in [-0.05, 0) is 11.1 Å². The van der Waals surface area contributed by atoms with Crippen molar-refractivity contribution in [3.05, 3.63) is 77.9 Å². The van der Waals surface area contributed by atoms with Crippen molar-refractivity contribution in [2.45, 2.75) is 12.2 Å². The molecule has 2 atom stereocenters. The van der Waals surface area contributed by atoms with Gasteiger partial charge in [0.2, 0.25) is 0 Å². The fourth-order valence-electron chi connectivity index (χ4n) is 1.99. The van der Waals surface area contributed by atoms with Gasteiger partial charge >= 0.3 is 0 Å². The zero-order valence-electron chi connectivity index (χ0n) is 10.9. The fraction of sp³-hybridized carbons (Fsp3) is 0.176. The van der Waals surface area contributed by atoms with Gasteiger partial charge < -0.3 is 9.84 Å². The number of methoxy groups -OCH3 is 1. The van der Waals surface area contributed by atoms with Gasteiger partial charge in [0.25, 0.3) is 0 Å². The molecule has 0 spiro atoms. The lowest BCUT2D eigenvalue weighted by atomic mass is 10.0. The third-order valence-electron chi connectivity index (χ3n) is 2.98. The Kier molecular flexibility index (Phi) is 4.90. The average molecular weight is 254 g/mol. The van der Waals surface area contributed by atoms with Gasteiger partial charge in [-0.15, -0.1) is 0 Å². The lowest BCUT2D eigenvalue weighted by molar-refractivity contribution is 0.0112. The smallest absolute Gasteiger partial charge is 0.112 e. The second-order valence-corrected chi connectivity index (χ2v) is 4.33. The minimum Gasteiger partial charge on any atom is -0.386 e. The van der Waals surface area contributed by atoms with Crippen LogP contribution in [0.3, 0.4) is 0 Å². The molecule has 2 nitrogen and oxygen atoms in total. The Labute approximate surface area is 114 Å². The van der Waals surface area contributed by atoms with Crippen LogP contribution in [0.1, 0.15) is 17.2 Å². The van der Waals surface area contributed by atoms with Crippen LogP contribution in [0.15, 0.2) is 66.7 Å². The van der Waals surface area contributed by atoms with Crippen LogP contribution in [0.25, 0.3) is 6.08 Å². The first-order valence-electron chi connectivity index (χ1n) is 6.30. The molecule has 98 valence electrons. The maximum atomic E-state index is 10.2. The molecular formula is C17H18O2. The van der Waals surface area contributed by atoms with E-state index in [4.69, 9.17) is 4.74 Å². The van der Waals surface area contributed by atoms with Crippen LogP contribution in [0.2, 0.25) is 0 Å². The predicted octanol–water partition coefficient (Wildman–Crippen LogP) is 3.45. The van der Waals surface area contributed by atoms with E-state index in [1.807, 2.05) is 66.7 Å². The zero-order valence-corrected chi connectivity index (χ0v) is 10.9. The molecule has 0 aliphatic rings. The predicted molar refractivity (Wildman–Crippen MR) is 77.7 cm³/mol. The van der Waals surface area contributed by atoms with E-state index in [1.54, 1.807) is 13.2 Å². The van der Waals surface area contributed by atoms with E-state index in [0.29, 0.717) is 0 Å². The summed E-state index contributed by atoms with van der Waals surface area (Å²) in [5.41, 5.74) is 2.03. The van der Waals surface area contributed by atoms with Gasteiger partial charge in [-0.25, -0.2) is 0 Å². The number of hydrogen-bond acceptors (Lipinski definition) is 2. The minimum absolute atomic E-state index is 0.346. The Balaban J connectivity index is 2.10.